The van der Waals surface area contributed by atoms with Crippen LogP contribution in [0.3, 0.4) is 0 Å². The smallest absolute Gasteiger partial charge is 0.326 e. The minimum atomic E-state index is -4.79. The summed E-state index contributed by atoms with van der Waals surface area (Å²) in [6.45, 7) is 14.6. The van der Waals surface area contributed by atoms with E-state index in [-0.39, 0.29) is 36.9 Å². The van der Waals surface area contributed by atoms with Crippen molar-refractivity contribution in [3.8, 4) is 22.5 Å². The molecular weight excluding hydrogens is 766 g/mol. The van der Waals surface area contributed by atoms with Gasteiger partial charge in [0.05, 0.1) is 36.5 Å². The zero-order chi connectivity index (χ0) is 40.9. The minimum Gasteiger partial charge on any atom is -0.326 e. The average Bonchev–Trinajstić information content (AvgIpc) is 3.15. The van der Waals surface area contributed by atoms with Crippen LogP contribution in [0.15, 0.2) is 119 Å². The fourth-order valence-electron chi connectivity index (χ4n) is 6.50. The Balaban J connectivity index is 0.000000248. The van der Waals surface area contributed by atoms with Crippen molar-refractivity contribution in [2.75, 3.05) is 0 Å². The molecule has 296 valence electrons. The first-order chi connectivity index (χ1) is 26.4. The lowest BCUT2D eigenvalue weighted by molar-refractivity contribution is -0.138. The molecule has 2 heterocycles. The lowest BCUT2D eigenvalue weighted by atomic mass is 10.0. The van der Waals surface area contributed by atoms with Crippen LogP contribution in [0, 0.1) is 34.3 Å². The van der Waals surface area contributed by atoms with Gasteiger partial charge in [0.25, 0.3) is 16.8 Å². The van der Waals surface area contributed by atoms with Gasteiger partial charge in [-0.3, -0.25) is 9.59 Å². The molecule has 6 nitrogen and oxygen atoms in total. The van der Waals surface area contributed by atoms with Crippen LogP contribution in [0.4, 0.5) is 32.0 Å². The van der Waals surface area contributed by atoms with Gasteiger partial charge in [0.1, 0.15) is 0 Å². The molecule has 6 aromatic rings. The highest BCUT2D eigenvalue weighted by Crippen LogP contribution is 2.38. The normalized spacial score (nSPS) is 11.3. The fourth-order valence-corrected chi connectivity index (χ4v) is 6.50. The predicted molar refractivity (Wildman–Crippen MR) is 214 cm³/mol. The molecule has 0 atom stereocenters. The highest BCUT2D eigenvalue weighted by Gasteiger charge is 2.37. The van der Waals surface area contributed by atoms with E-state index in [1.807, 2.05) is 64.1 Å². The molecule has 0 bridgehead atoms. The number of aromatic nitrogens is 2. The van der Waals surface area contributed by atoms with Crippen LogP contribution >= 0.6 is 12.4 Å². The van der Waals surface area contributed by atoms with Crippen molar-refractivity contribution in [3.05, 3.63) is 191 Å². The highest BCUT2D eigenvalue weighted by atomic mass is 35.5. The second-order valence-electron chi connectivity index (χ2n) is 13.4. The lowest BCUT2D eigenvalue weighted by Gasteiger charge is -2.20. The maximum absolute atomic E-state index is 13.6. The zero-order valence-electron chi connectivity index (χ0n) is 31.4. The van der Waals surface area contributed by atoms with Crippen LogP contribution < -0.4 is 16.9 Å². The number of nitrogens with two attached hydrogens (primary N) is 1. The molecule has 0 unspecified atom stereocenters. The van der Waals surface area contributed by atoms with Gasteiger partial charge in [-0.15, -0.1) is 12.4 Å². The Morgan fingerprint density at radius 1 is 0.596 bits per heavy atom. The number of aryl methyl sites for hydroxylation is 4. The Bertz CT molecular complexity index is 2540. The van der Waals surface area contributed by atoms with Gasteiger partial charge in [0, 0.05) is 17.8 Å². The van der Waals surface area contributed by atoms with E-state index >= 15 is 0 Å². The molecule has 0 saturated heterocycles. The summed E-state index contributed by atoms with van der Waals surface area (Å²) >= 11 is 0. The Morgan fingerprint density at radius 2 is 1.00 bits per heavy atom. The number of alkyl halides is 6. The Hall–Kier alpha value is -5.90. The maximum atomic E-state index is 13.6. The Morgan fingerprint density at radius 3 is 1.37 bits per heavy atom. The molecule has 2 N–H and O–H groups in total. The highest BCUT2D eigenvalue weighted by molar-refractivity contribution is 5.85. The van der Waals surface area contributed by atoms with Gasteiger partial charge in [-0.05, 0) is 73.2 Å². The van der Waals surface area contributed by atoms with Gasteiger partial charge in [-0.25, -0.2) is 4.85 Å². The maximum Gasteiger partial charge on any atom is 0.416 e. The molecule has 0 radical (unpaired) electrons. The SMILES string of the molecule is Cc1ccc(Cn2c(-c3ccccc3)cc(C(F)(F)F)c(CN)c2=O)c(C)c1.Cl.[C-]#[N+]c1c(C(F)(F)F)cc(-c2ccccc2)n(Cc2ccc(C)cc2C)c1=O. The molecule has 0 fully saturated rings. The summed E-state index contributed by atoms with van der Waals surface area (Å²) in [6.07, 6.45) is -9.45. The van der Waals surface area contributed by atoms with Crippen molar-refractivity contribution in [3.63, 3.8) is 0 Å². The Kier molecular flexibility index (Phi) is 13.8. The molecule has 2 aromatic heterocycles. The van der Waals surface area contributed by atoms with E-state index in [2.05, 4.69) is 4.85 Å². The van der Waals surface area contributed by atoms with Crippen molar-refractivity contribution in [2.45, 2.75) is 59.7 Å². The van der Waals surface area contributed by atoms with E-state index in [0.717, 1.165) is 45.5 Å². The predicted octanol–water partition coefficient (Wildman–Crippen LogP) is 10.8. The molecule has 4 aromatic carbocycles. The van der Waals surface area contributed by atoms with Crippen LogP contribution in [-0.2, 0) is 32.0 Å². The lowest BCUT2D eigenvalue weighted by Crippen LogP contribution is -2.31. The van der Waals surface area contributed by atoms with Crippen molar-refractivity contribution in [2.24, 2.45) is 5.73 Å². The van der Waals surface area contributed by atoms with E-state index in [0.29, 0.717) is 11.1 Å². The van der Waals surface area contributed by atoms with E-state index in [9.17, 15) is 35.9 Å². The van der Waals surface area contributed by atoms with Crippen molar-refractivity contribution < 1.29 is 26.3 Å². The summed E-state index contributed by atoms with van der Waals surface area (Å²) in [7, 11) is 0. The van der Waals surface area contributed by atoms with Crippen molar-refractivity contribution >= 4 is 18.1 Å². The van der Waals surface area contributed by atoms with Gasteiger partial charge in [0.15, 0.2) is 0 Å². The van der Waals surface area contributed by atoms with Crippen molar-refractivity contribution in [1.82, 2.24) is 9.13 Å². The largest absolute Gasteiger partial charge is 0.416 e. The fraction of sp³-hybridized carbons (Fsp3) is 0.205. The first kappa shape index (κ1) is 43.8. The quantitative estimate of drug-likeness (QED) is 0.129. The van der Waals surface area contributed by atoms with Gasteiger partial charge in [0.2, 0.25) is 0 Å². The Labute approximate surface area is 332 Å². The van der Waals surface area contributed by atoms with E-state index in [1.54, 1.807) is 60.7 Å². The van der Waals surface area contributed by atoms with E-state index in [1.165, 1.54) is 9.13 Å². The van der Waals surface area contributed by atoms with Crippen LogP contribution in [-0.4, -0.2) is 9.13 Å². The van der Waals surface area contributed by atoms with Crippen LogP contribution in [0.25, 0.3) is 27.4 Å². The molecule has 0 aliphatic rings. The summed E-state index contributed by atoms with van der Waals surface area (Å²) in [6, 6.07) is 30.4. The van der Waals surface area contributed by atoms with Gasteiger partial charge in [-0.2, -0.15) is 26.3 Å². The number of hydrogen-bond donors (Lipinski definition) is 1. The van der Waals surface area contributed by atoms with E-state index in [4.69, 9.17) is 12.3 Å². The average molecular weight is 805 g/mol. The molecular formula is C44H39ClF6N4O2. The van der Waals surface area contributed by atoms with Gasteiger partial charge < -0.3 is 14.9 Å². The van der Waals surface area contributed by atoms with Gasteiger partial charge in [-0.1, -0.05) is 108 Å². The summed E-state index contributed by atoms with van der Waals surface area (Å²) in [4.78, 5) is 28.8. The van der Waals surface area contributed by atoms with Crippen LogP contribution in [0.5, 0.6) is 0 Å². The monoisotopic (exact) mass is 804 g/mol. The molecule has 0 aliphatic heterocycles. The summed E-state index contributed by atoms with van der Waals surface area (Å²) in [5.41, 5.74) is 7.44. The van der Waals surface area contributed by atoms with Gasteiger partial charge >= 0.3 is 12.4 Å². The molecule has 0 aliphatic carbocycles. The third kappa shape index (κ3) is 9.92. The zero-order valence-corrected chi connectivity index (χ0v) is 32.2. The summed E-state index contributed by atoms with van der Waals surface area (Å²) in [5, 5.41) is 0. The summed E-state index contributed by atoms with van der Waals surface area (Å²) < 4.78 is 83.8. The number of benzene rings is 4. The van der Waals surface area contributed by atoms with E-state index < -0.39 is 52.4 Å². The topological polar surface area (TPSA) is 74.4 Å². The van der Waals surface area contributed by atoms with Crippen LogP contribution in [0.1, 0.15) is 50.1 Å². The number of pyridine rings is 2. The first-order valence-electron chi connectivity index (χ1n) is 17.4. The molecule has 0 amide bonds. The number of rotatable bonds is 7. The number of hydrogen-bond acceptors (Lipinski definition) is 3. The standard InChI is InChI=1S/C22H17F3N2O.C22H21F3N2O.ClH/c1-14-9-10-17(15(2)11-14)13-27-19(16-7-5-4-6-8-16)12-18(22(23,24)25)20(26-3)21(27)28;1-14-8-9-17(15(2)10-14)13-27-20(16-6-4-3-5-7-16)11-19(22(23,24)25)18(12-26)21(27)28;/h4-12H,13H2,1-2H3;3-11H,12-13,26H2,1-2H3;1H. The molecule has 6 rings (SSSR count). The minimum absolute atomic E-state index is 0. The molecule has 0 saturated carbocycles. The first-order valence-corrected chi connectivity index (χ1v) is 17.4. The molecule has 0 spiro atoms. The second kappa shape index (κ2) is 17.9. The number of halogens is 7. The third-order valence-corrected chi connectivity index (χ3v) is 9.39. The third-order valence-electron chi connectivity index (χ3n) is 9.39. The van der Waals surface area contributed by atoms with Crippen LogP contribution in [0.2, 0.25) is 0 Å². The molecule has 57 heavy (non-hydrogen) atoms. The molecule has 13 heteroatoms. The number of nitrogens with zero attached hydrogens (tertiary/aromatic N) is 3. The second-order valence-corrected chi connectivity index (χ2v) is 13.4. The summed E-state index contributed by atoms with van der Waals surface area (Å²) in [5.74, 6) is 0. The van der Waals surface area contributed by atoms with Crippen molar-refractivity contribution in [1.29, 1.82) is 0 Å².